The lowest BCUT2D eigenvalue weighted by Crippen LogP contribution is -2.22. The molecule has 0 bridgehead atoms. The molecule has 0 atom stereocenters. The minimum Gasteiger partial charge on any atom is -0.318 e. The molecule has 1 aliphatic carbocycles. The van der Waals surface area contributed by atoms with Crippen LogP contribution in [0.4, 0.5) is 17.3 Å². The molecule has 2 aromatic rings. The summed E-state index contributed by atoms with van der Waals surface area (Å²) in [5.41, 5.74) is 2.36. The molecule has 0 spiro atoms. The van der Waals surface area contributed by atoms with E-state index in [9.17, 15) is 4.79 Å². The van der Waals surface area contributed by atoms with Crippen LogP contribution in [0.15, 0.2) is 29.0 Å². The normalized spacial score (nSPS) is 16.9. The molecule has 1 saturated carbocycles. The number of hydrogen-bond donors (Lipinski definition) is 1. The molecule has 6 heteroatoms. The first-order chi connectivity index (χ1) is 10.1. The summed E-state index contributed by atoms with van der Waals surface area (Å²) in [5.74, 6) is 1.34. The van der Waals surface area contributed by atoms with E-state index >= 15 is 0 Å². The lowest BCUT2D eigenvalue weighted by atomic mass is 10.2. The standard InChI is InChI=1S/C15H13BrN4O/c1-8-4-5-17-14-12(8)19-15(21)11-6-9(16)7-18-13(11)20(14)10-2-3-10/h4-7,10H,2-3H2,1H3,(H,19,21). The predicted octanol–water partition coefficient (Wildman–Crippen LogP) is 3.41. The van der Waals surface area contributed by atoms with E-state index in [1.807, 2.05) is 19.1 Å². The number of carbonyl (C=O) groups excluding carboxylic acids is 1. The summed E-state index contributed by atoms with van der Waals surface area (Å²) >= 11 is 3.39. The highest BCUT2D eigenvalue weighted by atomic mass is 79.9. The van der Waals surface area contributed by atoms with Gasteiger partial charge in [-0.15, -0.1) is 0 Å². The number of nitrogens with one attached hydrogen (secondary N) is 1. The zero-order chi connectivity index (χ0) is 14.6. The van der Waals surface area contributed by atoms with Crippen molar-refractivity contribution in [1.82, 2.24) is 9.97 Å². The largest absolute Gasteiger partial charge is 0.318 e. The third-order valence-electron chi connectivity index (χ3n) is 3.82. The lowest BCUT2D eigenvalue weighted by Gasteiger charge is -2.23. The van der Waals surface area contributed by atoms with Crippen LogP contribution >= 0.6 is 15.9 Å². The van der Waals surface area contributed by atoms with Gasteiger partial charge >= 0.3 is 0 Å². The number of fused-ring (bicyclic) bond motifs is 2. The third-order valence-corrected chi connectivity index (χ3v) is 4.26. The Kier molecular flexibility index (Phi) is 2.75. The van der Waals surface area contributed by atoms with Crippen LogP contribution in [0.25, 0.3) is 0 Å². The maximum Gasteiger partial charge on any atom is 0.259 e. The highest BCUT2D eigenvalue weighted by Crippen LogP contribution is 2.44. The summed E-state index contributed by atoms with van der Waals surface area (Å²) in [6, 6.07) is 4.09. The van der Waals surface area contributed by atoms with Crippen molar-refractivity contribution in [1.29, 1.82) is 0 Å². The van der Waals surface area contributed by atoms with Crippen LogP contribution in [-0.2, 0) is 0 Å². The quantitative estimate of drug-likeness (QED) is 0.861. The van der Waals surface area contributed by atoms with E-state index < -0.39 is 0 Å². The second kappa shape index (κ2) is 4.53. The van der Waals surface area contributed by atoms with Crippen LogP contribution in [-0.4, -0.2) is 21.9 Å². The van der Waals surface area contributed by atoms with Crippen LogP contribution in [0.2, 0.25) is 0 Å². The lowest BCUT2D eigenvalue weighted by molar-refractivity contribution is 0.102. The van der Waals surface area contributed by atoms with Crippen LogP contribution < -0.4 is 10.2 Å². The van der Waals surface area contributed by atoms with Gasteiger partial charge in [0.25, 0.3) is 5.91 Å². The number of amides is 1. The van der Waals surface area contributed by atoms with Crippen molar-refractivity contribution >= 4 is 39.2 Å². The molecular weight excluding hydrogens is 332 g/mol. The van der Waals surface area contributed by atoms with Crippen LogP contribution in [0.5, 0.6) is 0 Å². The molecule has 2 aromatic heterocycles. The van der Waals surface area contributed by atoms with E-state index in [0.29, 0.717) is 17.4 Å². The number of carbonyl (C=O) groups is 1. The summed E-state index contributed by atoms with van der Waals surface area (Å²) in [5, 5.41) is 2.98. The molecule has 0 radical (unpaired) electrons. The van der Waals surface area contributed by atoms with Gasteiger partial charge in [-0.05, 0) is 53.4 Å². The molecule has 4 rings (SSSR count). The molecule has 0 unspecified atom stereocenters. The Morgan fingerprint density at radius 3 is 2.90 bits per heavy atom. The Morgan fingerprint density at radius 1 is 1.33 bits per heavy atom. The molecule has 21 heavy (non-hydrogen) atoms. The van der Waals surface area contributed by atoms with Gasteiger partial charge < -0.3 is 10.2 Å². The molecule has 5 nitrogen and oxygen atoms in total. The molecule has 1 fully saturated rings. The average molecular weight is 345 g/mol. The van der Waals surface area contributed by atoms with E-state index in [0.717, 1.165) is 34.4 Å². The summed E-state index contributed by atoms with van der Waals surface area (Å²) in [4.78, 5) is 23.6. The molecule has 2 aliphatic rings. The van der Waals surface area contributed by atoms with E-state index in [2.05, 4.69) is 36.1 Å². The zero-order valence-electron chi connectivity index (χ0n) is 11.4. The van der Waals surface area contributed by atoms with Crippen molar-refractivity contribution < 1.29 is 4.79 Å². The fourth-order valence-corrected chi connectivity index (χ4v) is 2.96. The first kappa shape index (κ1) is 12.8. The molecular formula is C15H13BrN4O. The van der Waals surface area contributed by atoms with Crippen molar-refractivity contribution in [3.05, 3.63) is 40.1 Å². The van der Waals surface area contributed by atoms with Crippen molar-refractivity contribution in [2.45, 2.75) is 25.8 Å². The first-order valence-corrected chi connectivity index (χ1v) is 7.66. The maximum atomic E-state index is 12.5. The molecule has 1 N–H and O–H groups in total. The summed E-state index contributed by atoms with van der Waals surface area (Å²) in [7, 11) is 0. The highest BCUT2D eigenvalue weighted by molar-refractivity contribution is 9.10. The second-order valence-corrected chi connectivity index (χ2v) is 6.32. The number of pyridine rings is 2. The number of aryl methyl sites for hydroxylation is 1. The average Bonchev–Trinajstić information content (AvgIpc) is 3.28. The topological polar surface area (TPSA) is 58.1 Å². The van der Waals surface area contributed by atoms with Gasteiger partial charge in [0, 0.05) is 22.9 Å². The van der Waals surface area contributed by atoms with Crippen molar-refractivity contribution in [3.8, 4) is 0 Å². The molecule has 1 aliphatic heterocycles. The summed E-state index contributed by atoms with van der Waals surface area (Å²) in [6.45, 7) is 1.98. The molecule has 3 heterocycles. The van der Waals surface area contributed by atoms with Gasteiger partial charge in [0.05, 0.1) is 11.3 Å². The Labute approximate surface area is 130 Å². The van der Waals surface area contributed by atoms with Gasteiger partial charge in [0.15, 0.2) is 5.82 Å². The Balaban J connectivity index is 2.00. The summed E-state index contributed by atoms with van der Waals surface area (Å²) in [6.07, 6.45) is 5.70. The fourth-order valence-electron chi connectivity index (χ4n) is 2.63. The van der Waals surface area contributed by atoms with E-state index in [1.54, 1.807) is 12.4 Å². The van der Waals surface area contributed by atoms with Crippen LogP contribution in [0.1, 0.15) is 28.8 Å². The SMILES string of the molecule is Cc1ccnc2c1NC(=O)c1cc(Br)cnc1N2C1CC1. The second-order valence-electron chi connectivity index (χ2n) is 5.41. The van der Waals surface area contributed by atoms with Gasteiger partial charge in [-0.1, -0.05) is 0 Å². The Morgan fingerprint density at radius 2 is 2.14 bits per heavy atom. The van der Waals surface area contributed by atoms with E-state index in [1.165, 1.54) is 0 Å². The number of halogens is 1. The number of rotatable bonds is 1. The monoisotopic (exact) mass is 344 g/mol. The Hall–Kier alpha value is -1.95. The van der Waals surface area contributed by atoms with Gasteiger partial charge in [-0.2, -0.15) is 0 Å². The van der Waals surface area contributed by atoms with E-state index in [4.69, 9.17) is 0 Å². The molecule has 0 saturated heterocycles. The highest BCUT2D eigenvalue weighted by Gasteiger charge is 2.38. The van der Waals surface area contributed by atoms with Crippen molar-refractivity contribution in [2.24, 2.45) is 0 Å². The minimum absolute atomic E-state index is 0.140. The van der Waals surface area contributed by atoms with Crippen LogP contribution in [0, 0.1) is 6.92 Å². The van der Waals surface area contributed by atoms with Crippen molar-refractivity contribution in [2.75, 3.05) is 10.2 Å². The number of nitrogens with zero attached hydrogens (tertiary/aromatic N) is 3. The van der Waals surface area contributed by atoms with Crippen LogP contribution in [0.3, 0.4) is 0 Å². The fraction of sp³-hybridized carbons (Fsp3) is 0.267. The smallest absolute Gasteiger partial charge is 0.259 e. The minimum atomic E-state index is -0.140. The predicted molar refractivity (Wildman–Crippen MR) is 84.0 cm³/mol. The number of anilines is 3. The Bertz CT molecular complexity index is 757. The molecule has 106 valence electrons. The van der Waals surface area contributed by atoms with Gasteiger partial charge in [0.1, 0.15) is 5.82 Å². The van der Waals surface area contributed by atoms with E-state index in [-0.39, 0.29) is 5.91 Å². The first-order valence-electron chi connectivity index (χ1n) is 6.87. The molecule has 1 amide bonds. The van der Waals surface area contributed by atoms with Gasteiger partial charge in [-0.25, -0.2) is 9.97 Å². The third kappa shape index (κ3) is 2.01. The zero-order valence-corrected chi connectivity index (χ0v) is 13.0. The number of aromatic nitrogens is 2. The number of hydrogen-bond acceptors (Lipinski definition) is 4. The maximum absolute atomic E-state index is 12.5. The van der Waals surface area contributed by atoms with Crippen molar-refractivity contribution in [3.63, 3.8) is 0 Å². The summed E-state index contributed by atoms with van der Waals surface area (Å²) < 4.78 is 0.794. The van der Waals surface area contributed by atoms with Gasteiger partial charge in [0.2, 0.25) is 0 Å². The van der Waals surface area contributed by atoms with Gasteiger partial charge in [-0.3, -0.25) is 4.79 Å². The molecule has 0 aromatic carbocycles.